The third kappa shape index (κ3) is 8.09. The summed E-state index contributed by atoms with van der Waals surface area (Å²) in [7, 11) is 2.07. The minimum Gasteiger partial charge on any atom is -0.302 e. The van der Waals surface area contributed by atoms with Gasteiger partial charge >= 0.3 is 0 Å². The number of carbonyl (C=O) groups excluding carboxylic acids is 1. The van der Waals surface area contributed by atoms with Crippen LogP contribution in [0.2, 0.25) is 0 Å². The van der Waals surface area contributed by atoms with E-state index in [4.69, 9.17) is 0 Å². The standard InChI is InChI=1S/C12H22N2O/c1-4-6-7-8-13(3)9-10-14(5-2)11-12-15/h4,6-7,12H,1,5,8-11H2,2-3H3/b7-6+. The highest BCUT2D eigenvalue weighted by molar-refractivity contribution is 5.51. The van der Waals surface area contributed by atoms with Gasteiger partial charge in [0.05, 0.1) is 6.54 Å². The van der Waals surface area contributed by atoms with Gasteiger partial charge in [-0.3, -0.25) is 4.90 Å². The fourth-order valence-corrected chi connectivity index (χ4v) is 1.22. The molecule has 0 spiro atoms. The average molecular weight is 210 g/mol. The number of rotatable bonds is 9. The minimum atomic E-state index is 0.535. The lowest BCUT2D eigenvalue weighted by atomic mass is 10.4. The first-order chi connectivity index (χ1) is 7.24. The summed E-state index contributed by atoms with van der Waals surface area (Å²) in [5, 5.41) is 0. The lowest BCUT2D eigenvalue weighted by Gasteiger charge is -2.21. The van der Waals surface area contributed by atoms with E-state index >= 15 is 0 Å². The molecule has 0 amide bonds. The molecule has 0 radical (unpaired) electrons. The molecule has 0 atom stereocenters. The summed E-state index contributed by atoms with van der Waals surface area (Å²) in [6.45, 7) is 9.98. The zero-order valence-corrected chi connectivity index (χ0v) is 9.85. The smallest absolute Gasteiger partial charge is 0.133 e. The first kappa shape index (κ1) is 14.1. The Morgan fingerprint density at radius 1 is 1.27 bits per heavy atom. The fraction of sp³-hybridized carbons (Fsp3) is 0.583. The van der Waals surface area contributed by atoms with Crippen LogP contribution in [0.5, 0.6) is 0 Å². The molecule has 3 nitrogen and oxygen atoms in total. The molecule has 86 valence electrons. The normalized spacial score (nSPS) is 11.5. The Bertz CT molecular complexity index is 202. The zero-order valence-electron chi connectivity index (χ0n) is 9.85. The van der Waals surface area contributed by atoms with Crippen LogP contribution in [0.1, 0.15) is 6.92 Å². The molecule has 0 aliphatic carbocycles. The molecule has 3 heteroatoms. The molecule has 0 bridgehead atoms. The van der Waals surface area contributed by atoms with Gasteiger partial charge in [0, 0.05) is 19.6 Å². The van der Waals surface area contributed by atoms with Gasteiger partial charge in [0.1, 0.15) is 6.29 Å². The first-order valence-electron chi connectivity index (χ1n) is 5.36. The Labute approximate surface area is 93.1 Å². The number of likely N-dealkylation sites (N-methyl/N-ethyl adjacent to an activating group) is 2. The van der Waals surface area contributed by atoms with Crippen molar-refractivity contribution < 1.29 is 4.79 Å². The Hall–Kier alpha value is -0.930. The van der Waals surface area contributed by atoms with Crippen LogP contribution in [-0.2, 0) is 4.79 Å². The second-order valence-electron chi connectivity index (χ2n) is 3.49. The van der Waals surface area contributed by atoms with Gasteiger partial charge < -0.3 is 9.69 Å². The van der Waals surface area contributed by atoms with Crippen molar-refractivity contribution in [3.63, 3.8) is 0 Å². The highest BCUT2D eigenvalue weighted by Crippen LogP contribution is 1.89. The van der Waals surface area contributed by atoms with Crippen molar-refractivity contribution in [2.45, 2.75) is 6.92 Å². The van der Waals surface area contributed by atoms with Crippen LogP contribution in [-0.4, -0.2) is 55.9 Å². The largest absolute Gasteiger partial charge is 0.302 e. The number of hydrogen-bond donors (Lipinski definition) is 0. The molecule has 0 aromatic carbocycles. The van der Waals surface area contributed by atoms with Crippen LogP contribution >= 0.6 is 0 Å². The monoisotopic (exact) mass is 210 g/mol. The van der Waals surface area contributed by atoms with Crippen LogP contribution in [0.15, 0.2) is 24.8 Å². The molecule has 0 aromatic rings. The first-order valence-corrected chi connectivity index (χ1v) is 5.36. The van der Waals surface area contributed by atoms with Gasteiger partial charge in [-0.2, -0.15) is 0 Å². The van der Waals surface area contributed by atoms with Crippen molar-refractivity contribution >= 4 is 6.29 Å². The quantitative estimate of drug-likeness (QED) is 0.422. The van der Waals surface area contributed by atoms with E-state index in [9.17, 15) is 4.79 Å². The third-order valence-corrected chi connectivity index (χ3v) is 2.27. The molecule has 0 fully saturated rings. The topological polar surface area (TPSA) is 23.6 Å². The number of aldehydes is 1. The maximum absolute atomic E-state index is 10.4. The van der Waals surface area contributed by atoms with Crippen LogP contribution in [0.4, 0.5) is 0 Å². The molecule has 0 aliphatic rings. The van der Waals surface area contributed by atoms with Crippen LogP contribution < -0.4 is 0 Å². The van der Waals surface area contributed by atoms with Crippen molar-refractivity contribution in [3.8, 4) is 0 Å². The maximum atomic E-state index is 10.4. The number of allylic oxidation sites excluding steroid dienone is 2. The summed E-state index contributed by atoms with van der Waals surface area (Å²) >= 11 is 0. The lowest BCUT2D eigenvalue weighted by molar-refractivity contribution is -0.108. The molecule has 0 heterocycles. The van der Waals surface area contributed by atoms with Gasteiger partial charge in [-0.25, -0.2) is 0 Å². The third-order valence-electron chi connectivity index (χ3n) is 2.27. The summed E-state index contributed by atoms with van der Waals surface area (Å²) in [6.07, 6.45) is 6.75. The molecule has 0 N–H and O–H groups in total. The summed E-state index contributed by atoms with van der Waals surface area (Å²) < 4.78 is 0. The Morgan fingerprint density at radius 2 is 2.00 bits per heavy atom. The van der Waals surface area contributed by atoms with Crippen molar-refractivity contribution in [2.24, 2.45) is 0 Å². The molecule has 0 saturated carbocycles. The Balaban J connectivity index is 3.66. The van der Waals surface area contributed by atoms with Crippen LogP contribution in [0.25, 0.3) is 0 Å². The zero-order chi connectivity index (χ0) is 11.5. The predicted molar refractivity (Wildman–Crippen MR) is 65.0 cm³/mol. The molecular weight excluding hydrogens is 188 g/mol. The van der Waals surface area contributed by atoms with Crippen LogP contribution in [0, 0.1) is 0 Å². The van der Waals surface area contributed by atoms with Gasteiger partial charge in [0.15, 0.2) is 0 Å². The SMILES string of the molecule is C=C/C=C/CN(C)CCN(CC)CC=O. The molecular formula is C12H22N2O. The molecule has 15 heavy (non-hydrogen) atoms. The summed E-state index contributed by atoms with van der Waals surface area (Å²) in [4.78, 5) is 14.7. The van der Waals surface area contributed by atoms with E-state index in [0.717, 1.165) is 32.5 Å². The summed E-state index contributed by atoms with van der Waals surface area (Å²) in [6, 6.07) is 0. The number of hydrogen-bond acceptors (Lipinski definition) is 3. The van der Waals surface area contributed by atoms with Gasteiger partial charge in [-0.15, -0.1) is 0 Å². The van der Waals surface area contributed by atoms with E-state index in [2.05, 4.69) is 36.4 Å². The molecule has 0 rings (SSSR count). The van der Waals surface area contributed by atoms with Gasteiger partial charge in [0.25, 0.3) is 0 Å². The molecule has 0 aliphatic heterocycles. The van der Waals surface area contributed by atoms with Crippen molar-refractivity contribution in [1.82, 2.24) is 9.80 Å². The van der Waals surface area contributed by atoms with E-state index in [1.807, 2.05) is 6.08 Å². The minimum absolute atomic E-state index is 0.535. The van der Waals surface area contributed by atoms with E-state index in [0.29, 0.717) is 6.54 Å². The molecule has 0 unspecified atom stereocenters. The van der Waals surface area contributed by atoms with E-state index < -0.39 is 0 Å². The van der Waals surface area contributed by atoms with Crippen molar-refractivity contribution in [2.75, 3.05) is 39.8 Å². The maximum Gasteiger partial charge on any atom is 0.133 e. The number of nitrogens with zero attached hydrogens (tertiary/aromatic N) is 2. The number of carbonyl (C=O) groups is 1. The van der Waals surface area contributed by atoms with E-state index in [-0.39, 0.29) is 0 Å². The summed E-state index contributed by atoms with van der Waals surface area (Å²) in [5.74, 6) is 0. The highest BCUT2D eigenvalue weighted by Gasteiger charge is 2.02. The Kier molecular flexibility index (Phi) is 9.02. The second kappa shape index (κ2) is 9.62. The van der Waals surface area contributed by atoms with Gasteiger partial charge in [-0.05, 0) is 13.6 Å². The van der Waals surface area contributed by atoms with Crippen molar-refractivity contribution in [1.29, 1.82) is 0 Å². The summed E-state index contributed by atoms with van der Waals surface area (Å²) in [5.41, 5.74) is 0. The van der Waals surface area contributed by atoms with Crippen molar-refractivity contribution in [3.05, 3.63) is 24.8 Å². The van der Waals surface area contributed by atoms with Gasteiger partial charge in [0.2, 0.25) is 0 Å². The second-order valence-corrected chi connectivity index (χ2v) is 3.49. The highest BCUT2D eigenvalue weighted by atomic mass is 16.1. The van der Waals surface area contributed by atoms with E-state index in [1.165, 1.54) is 0 Å². The Morgan fingerprint density at radius 3 is 2.53 bits per heavy atom. The fourth-order valence-electron chi connectivity index (χ4n) is 1.22. The molecule has 0 aromatic heterocycles. The predicted octanol–water partition coefficient (Wildman–Crippen LogP) is 1.18. The molecule has 0 saturated heterocycles. The van der Waals surface area contributed by atoms with E-state index in [1.54, 1.807) is 6.08 Å². The van der Waals surface area contributed by atoms with Crippen LogP contribution in [0.3, 0.4) is 0 Å². The van der Waals surface area contributed by atoms with Gasteiger partial charge in [-0.1, -0.05) is 31.7 Å². The lowest BCUT2D eigenvalue weighted by Crippen LogP contribution is -2.34. The average Bonchev–Trinajstić information content (AvgIpc) is 2.24.